The molecule has 0 aliphatic carbocycles. The highest BCUT2D eigenvalue weighted by atomic mass is 79.9. The van der Waals surface area contributed by atoms with Gasteiger partial charge in [-0.3, -0.25) is 19.6 Å². The SMILES string of the molecule is CCOC(=O)Cn1nc(Br)c2c([N+](=O)[O-])cccc21. The minimum atomic E-state index is -0.483. The zero-order valence-electron chi connectivity index (χ0n) is 10.00. The highest BCUT2D eigenvalue weighted by molar-refractivity contribution is 9.10. The van der Waals surface area contributed by atoms with Crippen LogP contribution >= 0.6 is 15.9 Å². The van der Waals surface area contributed by atoms with Gasteiger partial charge in [-0.15, -0.1) is 0 Å². The Hall–Kier alpha value is -1.96. The van der Waals surface area contributed by atoms with Crippen molar-refractivity contribution in [1.29, 1.82) is 0 Å². The lowest BCUT2D eigenvalue weighted by molar-refractivity contribution is -0.383. The number of fused-ring (bicyclic) bond motifs is 1. The van der Waals surface area contributed by atoms with Crippen LogP contribution in [0, 0.1) is 10.1 Å². The highest BCUT2D eigenvalue weighted by Crippen LogP contribution is 2.31. The zero-order chi connectivity index (χ0) is 14.0. The maximum atomic E-state index is 11.5. The van der Waals surface area contributed by atoms with E-state index in [1.165, 1.54) is 10.7 Å². The molecule has 8 heteroatoms. The standard InChI is InChI=1S/C11H10BrN3O4/c1-2-19-9(16)6-14-7-4-3-5-8(15(17)18)10(7)11(12)13-14/h3-5H,2,6H2,1H3. The van der Waals surface area contributed by atoms with Gasteiger partial charge in [0.25, 0.3) is 5.69 Å². The van der Waals surface area contributed by atoms with Crippen LogP contribution < -0.4 is 0 Å². The van der Waals surface area contributed by atoms with Crippen LogP contribution in [0.3, 0.4) is 0 Å². The van der Waals surface area contributed by atoms with Gasteiger partial charge in [0.1, 0.15) is 16.5 Å². The van der Waals surface area contributed by atoms with Crippen molar-refractivity contribution < 1.29 is 14.5 Å². The van der Waals surface area contributed by atoms with E-state index in [4.69, 9.17) is 4.74 Å². The van der Waals surface area contributed by atoms with Gasteiger partial charge in [-0.25, -0.2) is 0 Å². The number of nitro benzene ring substituents is 1. The maximum absolute atomic E-state index is 11.5. The van der Waals surface area contributed by atoms with Crippen molar-refractivity contribution in [3.63, 3.8) is 0 Å². The molecule has 0 saturated heterocycles. The van der Waals surface area contributed by atoms with Crippen molar-refractivity contribution in [3.8, 4) is 0 Å². The molecule has 19 heavy (non-hydrogen) atoms. The van der Waals surface area contributed by atoms with Crippen molar-refractivity contribution in [1.82, 2.24) is 9.78 Å². The summed E-state index contributed by atoms with van der Waals surface area (Å²) in [4.78, 5) is 21.9. The summed E-state index contributed by atoms with van der Waals surface area (Å²) in [7, 11) is 0. The van der Waals surface area contributed by atoms with Gasteiger partial charge >= 0.3 is 5.97 Å². The summed E-state index contributed by atoms with van der Waals surface area (Å²) in [6.45, 7) is 1.90. The number of ether oxygens (including phenoxy) is 1. The Labute approximate surface area is 116 Å². The number of hydrogen-bond acceptors (Lipinski definition) is 5. The molecule has 0 fully saturated rings. The number of aromatic nitrogens is 2. The maximum Gasteiger partial charge on any atom is 0.327 e. The Morgan fingerprint density at radius 2 is 2.32 bits per heavy atom. The Balaban J connectivity index is 2.51. The third-order valence-electron chi connectivity index (χ3n) is 2.49. The summed E-state index contributed by atoms with van der Waals surface area (Å²) in [6.07, 6.45) is 0. The fourth-order valence-electron chi connectivity index (χ4n) is 1.77. The van der Waals surface area contributed by atoms with E-state index in [9.17, 15) is 14.9 Å². The molecular formula is C11H10BrN3O4. The molecule has 0 bridgehead atoms. The number of non-ortho nitro benzene ring substituents is 1. The molecule has 100 valence electrons. The molecule has 0 spiro atoms. The van der Waals surface area contributed by atoms with Gasteiger partial charge in [-0.05, 0) is 28.9 Å². The van der Waals surface area contributed by atoms with Gasteiger partial charge < -0.3 is 4.74 Å². The second-order valence-electron chi connectivity index (χ2n) is 3.68. The molecule has 0 amide bonds. The van der Waals surface area contributed by atoms with E-state index in [2.05, 4.69) is 21.0 Å². The average molecular weight is 328 g/mol. The average Bonchev–Trinajstić information content (AvgIpc) is 2.66. The molecular weight excluding hydrogens is 318 g/mol. The number of benzene rings is 1. The van der Waals surface area contributed by atoms with Crippen molar-refractivity contribution >= 4 is 38.5 Å². The van der Waals surface area contributed by atoms with Crippen LogP contribution in [0.1, 0.15) is 6.92 Å². The number of nitro groups is 1. The summed E-state index contributed by atoms with van der Waals surface area (Å²) >= 11 is 3.18. The van der Waals surface area contributed by atoms with E-state index in [-0.39, 0.29) is 18.8 Å². The number of halogens is 1. The van der Waals surface area contributed by atoms with Crippen LogP contribution in [0.25, 0.3) is 10.9 Å². The van der Waals surface area contributed by atoms with Crippen LogP contribution in [-0.2, 0) is 16.1 Å². The largest absolute Gasteiger partial charge is 0.465 e. The highest BCUT2D eigenvalue weighted by Gasteiger charge is 2.20. The molecule has 2 rings (SSSR count). The normalized spacial score (nSPS) is 10.6. The van der Waals surface area contributed by atoms with Crippen molar-refractivity contribution in [2.75, 3.05) is 6.61 Å². The van der Waals surface area contributed by atoms with Gasteiger partial charge in [0.05, 0.1) is 17.0 Å². The van der Waals surface area contributed by atoms with E-state index in [1.54, 1.807) is 19.1 Å². The molecule has 1 aromatic heterocycles. The fourth-order valence-corrected chi connectivity index (χ4v) is 2.36. The van der Waals surface area contributed by atoms with E-state index < -0.39 is 10.9 Å². The number of nitrogens with zero attached hydrogens (tertiary/aromatic N) is 3. The molecule has 1 heterocycles. The number of rotatable bonds is 4. The molecule has 1 aromatic carbocycles. The van der Waals surface area contributed by atoms with Crippen LogP contribution in [0.2, 0.25) is 0 Å². The van der Waals surface area contributed by atoms with Gasteiger partial charge in [-0.2, -0.15) is 5.10 Å². The zero-order valence-corrected chi connectivity index (χ0v) is 11.6. The first-order valence-electron chi connectivity index (χ1n) is 5.49. The van der Waals surface area contributed by atoms with Crippen molar-refractivity contribution in [2.45, 2.75) is 13.5 Å². The predicted molar refractivity (Wildman–Crippen MR) is 70.7 cm³/mol. The van der Waals surface area contributed by atoms with Gasteiger partial charge in [0.15, 0.2) is 0 Å². The summed E-state index contributed by atoms with van der Waals surface area (Å²) in [5.41, 5.74) is 0.452. The summed E-state index contributed by atoms with van der Waals surface area (Å²) in [5, 5.41) is 15.4. The second kappa shape index (κ2) is 5.35. The number of esters is 1. The lowest BCUT2D eigenvalue weighted by atomic mass is 10.2. The van der Waals surface area contributed by atoms with Gasteiger partial charge in [-0.1, -0.05) is 6.07 Å². The smallest absolute Gasteiger partial charge is 0.327 e. The monoisotopic (exact) mass is 327 g/mol. The summed E-state index contributed by atoms with van der Waals surface area (Å²) in [5.74, 6) is -0.439. The van der Waals surface area contributed by atoms with Crippen LogP contribution in [0.15, 0.2) is 22.8 Å². The second-order valence-corrected chi connectivity index (χ2v) is 4.43. The molecule has 2 aromatic rings. The molecule has 0 saturated carbocycles. The van der Waals surface area contributed by atoms with E-state index in [0.717, 1.165) is 0 Å². The van der Waals surface area contributed by atoms with Crippen LogP contribution in [-0.4, -0.2) is 27.3 Å². The topological polar surface area (TPSA) is 87.3 Å². The Kier molecular flexibility index (Phi) is 3.79. The Morgan fingerprint density at radius 3 is 2.95 bits per heavy atom. The summed E-state index contributed by atoms with van der Waals surface area (Å²) in [6, 6.07) is 4.61. The molecule has 0 aliphatic rings. The van der Waals surface area contributed by atoms with Crippen LogP contribution in [0.5, 0.6) is 0 Å². The Bertz CT molecular complexity index is 653. The first-order valence-corrected chi connectivity index (χ1v) is 6.29. The third kappa shape index (κ3) is 2.58. The Morgan fingerprint density at radius 1 is 1.58 bits per heavy atom. The minimum Gasteiger partial charge on any atom is -0.465 e. The van der Waals surface area contributed by atoms with E-state index in [0.29, 0.717) is 15.5 Å². The number of carbonyl (C=O) groups is 1. The molecule has 0 N–H and O–H groups in total. The van der Waals surface area contributed by atoms with Crippen molar-refractivity contribution in [2.24, 2.45) is 0 Å². The van der Waals surface area contributed by atoms with E-state index in [1.807, 2.05) is 0 Å². The first kappa shape index (κ1) is 13.5. The first-order chi connectivity index (χ1) is 9.04. The molecule has 0 aliphatic heterocycles. The van der Waals surface area contributed by atoms with E-state index >= 15 is 0 Å². The van der Waals surface area contributed by atoms with Gasteiger partial charge in [0.2, 0.25) is 0 Å². The number of hydrogen-bond donors (Lipinski definition) is 0. The molecule has 0 unspecified atom stereocenters. The molecule has 0 radical (unpaired) electrons. The van der Waals surface area contributed by atoms with Crippen molar-refractivity contribution in [3.05, 3.63) is 32.9 Å². The molecule has 7 nitrogen and oxygen atoms in total. The molecule has 0 atom stereocenters. The number of carbonyl (C=O) groups excluding carboxylic acids is 1. The fraction of sp³-hybridized carbons (Fsp3) is 0.273. The minimum absolute atomic E-state index is 0.0560. The lowest BCUT2D eigenvalue weighted by Crippen LogP contribution is -2.14. The summed E-state index contributed by atoms with van der Waals surface area (Å²) < 4.78 is 6.54. The van der Waals surface area contributed by atoms with Gasteiger partial charge in [0, 0.05) is 6.07 Å². The quantitative estimate of drug-likeness (QED) is 0.488. The lowest BCUT2D eigenvalue weighted by Gasteiger charge is -2.03. The predicted octanol–water partition coefficient (Wildman–Crippen LogP) is 2.27. The third-order valence-corrected chi connectivity index (χ3v) is 3.05. The van der Waals surface area contributed by atoms with Crippen LogP contribution in [0.4, 0.5) is 5.69 Å².